The third-order valence-electron chi connectivity index (χ3n) is 2.08. The molecule has 0 aromatic carbocycles. The van der Waals surface area contributed by atoms with Crippen molar-refractivity contribution >= 4 is 5.82 Å². The zero-order chi connectivity index (χ0) is 10.7. The SMILES string of the molecule is N#Cc1nccn1Cc1cccnc1N. The maximum atomic E-state index is 8.77. The molecule has 2 rings (SSSR count). The van der Waals surface area contributed by atoms with Crippen molar-refractivity contribution in [3.05, 3.63) is 42.1 Å². The standard InChI is InChI=1S/C10H9N5/c11-6-9-13-4-5-15(9)7-8-2-1-3-14-10(8)12/h1-5H,7H2,(H2,12,14). The van der Waals surface area contributed by atoms with Crippen molar-refractivity contribution < 1.29 is 0 Å². The van der Waals surface area contributed by atoms with Gasteiger partial charge in [-0.25, -0.2) is 9.97 Å². The zero-order valence-corrected chi connectivity index (χ0v) is 7.96. The van der Waals surface area contributed by atoms with Crippen molar-refractivity contribution in [1.82, 2.24) is 14.5 Å². The van der Waals surface area contributed by atoms with Crippen LogP contribution in [-0.4, -0.2) is 14.5 Å². The minimum Gasteiger partial charge on any atom is -0.383 e. The van der Waals surface area contributed by atoms with E-state index in [2.05, 4.69) is 9.97 Å². The molecule has 0 radical (unpaired) electrons. The summed E-state index contributed by atoms with van der Waals surface area (Å²) in [4.78, 5) is 7.88. The van der Waals surface area contributed by atoms with E-state index in [1.165, 1.54) is 0 Å². The molecule has 0 spiro atoms. The molecular formula is C10H9N5. The molecule has 0 fully saturated rings. The Morgan fingerprint density at radius 1 is 1.40 bits per heavy atom. The second-order valence-corrected chi connectivity index (χ2v) is 3.04. The Balaban J connectivity index is 2.31. The predicted octanol–water partition coefficient (Wildman–Crippen LogP) is 0.780. The Morgan fingerprint density at radius 3 is 3.00 bits per heavy atom. The van der Waals surface area contributed by atoms with Gasteiger partial charge in [0.05, 0.1) is 6.54 Å². The maximum Gasteiger partial charge on any atom is 0.213 e. The number of nitriles is 1. The smallest absolute Gasteiger partial charge is 0.213 e. The molecule has 0 saturated heterocycles. The molecule has 5 heteroatoms. The van der Waals surface area contributed by atoms with Crippen LogP contribution in [-0.2, 0) is 6.54 Å². The fraction of sp³-hybridized carbons (Fsp3) is 0.100. The van der Waals surface area contributed by atoms with Gasteiger partial charge in [-0.05, 0) is 6.07 Å². The van der Waals surface area contributed by atoms with E-state index in [9.17, 15) is 0 Å². The first-order valence-electron chi connectivity index (χ1n) is 4.42. The third-order valence-corrected chi connectivity index (χ3v) is 2.08. The van der Waals surface area contributed by atoms with Crippen LogP contribution in [0, 0.1) is 11.3 Å². The summed E-state index contributed by atoms with van der Waals surface area (Å²) in [6, 6.07) is 5.70. The first-order chi connectivity index (χ1) is 7.31. The second kappa shape index (κ2) is 3.80. The molecule has 74 valence electrons. The Labute approximate surface area is 86.8 Å². The highest BCUT2D eigenvalue weighted by molar-refractivity contribution is 5.38. The minimum absolute atomic E-state index is 0.373. The highest BCUT2D eigenvalue weighted by atomic mass is 15.1. The molecule has 0 aliphatic heterocycles. The van der Waals surface area contributed by atoms with Gasteiger partial charge in [-0.3, -0.25) is 0 Å². The topological polar surface area (TPSA) is 80.5 Å². The molecule has 2 aromatic heterocycles. The van der Waals surface area contributed by atoms with E-state index in [1.807, 2.05) is 18.2 Å². The molecule has 0 aliphatic carbocycles. The van der Waals surface area contributed by atoms with Crippen LogP contribution >= 0.6 is 0 Å². The van der Waals surface area contributed by atoms with Crippen LogP contribution in [0.4, 0.5) is 5.82 Å². The largest absolute Gasteiger partial charge is 0.383 e. The number of nitrogens with two attached hydrogens (primary N) is 1. The average molecular weight is 199 g/mol. The van der Waals surface area contributed by atoms with E-state index >= 15 is 0 Å². The number of nitrogen functional groups attached to an aromatic ring is 1. The van der Waals surface area contributed by atoms with E-state index in [-0.39, 0.29) is 0 Å². The van der Waals surface area contributed by atoms with E-state index in [0.717, 1.165) is 5.56 Å². The van der Waals surface area contributed by atoms with Crippen LogP contribution in [0.25, 0.3) is 0 Å². The Kier molecular flexibility index (Phi) is 2.33. The van der Waals surface area contributed by atoms with Gasteiger partial charge in [0.15, 0.2) is 0 Å². The summed E-state index contributed by atoms with van der Waals surface area (Å²) >= 11 is 0. The normalized spacial score (nSPS) is 9.80. The molecular weight excluding hydrogens is 190 g/mol. The highest BCUT2D eigenvalue weighted by Gasteiger charge is 2.04. The summed E-state index contributed by atoms with van der Waals surface area (Å²) in [5.74, 6) is 0.855. The first kappa shape index (κ1) is 9.21. The van der Waals surface area contributed by atoms with Crippen molar-refractivity contribution in [3.63, 3.8) is 0 Å². The number of anilines is 1. The number of imidazole rings is 1. The lowest BCUT2D eigenvalue weighted by atomic mass is 10.2. The zero-order valence-electron chi connectivity index (χ0n) is 7.96. The molecule has 0 atom stereocenters. The number of rotatable bonds is 2. The summed E-state index contributed by atoms with van der Waals surface area (Å²) in [6.45, 7) is 0.516. The van der Waals surface area contributed by atoms with Crippen molar-refractivity contribution in [3.8, 4) is 6.07 Å². The lowest BCUT2D eigenvalue weighted by Crippen LogP contribution is -2.05. The van der Waals surface area contributed by atoms with Gasteiger partial charge in [-0.15, -0.1) is 0 Å². The van der Waals surface area contributed by atoms with Crippen molar-refractivity contribution in [2.24, 2.45) is 0 Å². The molecule has 0 unspecified atom stereocenters. The number of hydrogen-bond acceptors (Lipinski definition) is 4. The van der Waals surface area contributed by atoms with E-state index < -0.39 is 0 Å². The van der Waals surface area contributed by atoms with Crippen LogP contribution < -0.4 is 5.73 Å². The van der Waals surface area contributed by atoms with Gasteiger partial charge >= 0.3 is 0 Å². The Bertz CT molecular complexity index is 509. The van der Waals surface area contributed by atoms with Gasteiger partial charge in [-0.2, -0.15) is 5.26 Å². The van der Waals surface area contributed by atoms with E-state index in [4.69, 9.17) is 11.0 Å². The van der Waals surface area contributed by atoms with Crippen LogP contribution in [0.5, 0.6) is 0 Å². The first-order valence-corrected chi connectivity index (χ1v) is 4.42. The summed E-state index contributed by atoms with van der Waals surface area (Å²) in [6.07, 6.45) is 4.97. The van der Waals surface area contributed by atoms with Gasteiger partial charge in [0.25, 0.3) is 0 Å². The Hall–Kier alpha value is -2.35. The van der Waals surface area contributed by atoms with Crippen molar-refractivity contribution in [2.75, 3.05) is 5.73 Å². The minimum atomic E-state index is 0.373. The predicted molar refractivity (Wildman–Crippen MR) is 54.7 cm³/mol. The molecule has 2 N–H and O–H groups in total. The Morgan fingerprint density at radius 2 is 2.27 bits per heavy atom. The summed E-state index contributed by atoms with van der Waals surface area (Å²) in [7, 11) is 0. The molecule has 0 bridgehead atoms. The van der Waals surface area contributed by atoms with E-state index in [0.29, 0.717) is 18.2 Å². The highest BCUT2D eigenvalue weighted by Crippen LogP contribution is 2.10. The third kappa shape index (κ3) is 1.79. The number of pyridine rings is 1. The monoisotopic (exact) mass is 199 g/mol. The van der Waals surface area contributed by atoms with Crippen LogP contribution in [0.2, 0.25) is 0 Å². The lowest BCUT2D eigenvalue weighted by molar-refractivity contribution is 0.781. The fourth-order valence-electron chi connectivity index (χ4n) is 1.32. The van der Waals surface area contributed by atoms with Crippen LogP contribution in [0.15, 0.2) is 30.7 Å². The van der Waals surface area contributed by atoms with Crippen LogP contribution in [0.3, 0.4) is 0 Å². The summed E-state index contributed by atoms with van der Waals surface area (Å²) in [5.41, 5.74) is 6.58. The molecule has 0 aliphatic rings. The molecule has 2 heterocycles. The van der Waals surface area contributed by atoms with Gasteiger partial charge in [0.1, 0.15) is 11.9 Å². The second-order valence-electron chi connectivity index (χ2n) is 3.04. The fourth-order valence-corrected chi connectivity index (χ4v) is 1.32. The number of aromatic nitrogens is 3. The molecule has 15 heavy (non-hydrogen) atoms. The molecule has 5 nitrogen and oxygen atoms in total. The van der Waals surface area contributed by atoms with E-state index in [1.54, 1.807) is 23.2 Å². The number of hydrogen-bond donors (Lipinski definition) is 1. The van der Waals surface area contributed by atoms with Gasteiger partial charge < -0.3 is 10.3 Å². The quantitative estimate of drug-likeness (QED) is 0.775. The van der Waals surface area contributed by atoms with Gasteiger partial charge in [0.2, 0.25) is 5.82 Å². The lowest BCUT2D eigenvalue weighted by Gasteiger charge is -2.05. The van der Waals surface area contributed by atoms with Crippen LogP contribution in [0.1, 0.15) is 11.4 Å². The molecule has 0 amide bonds. The summed E-state index contributed by atoms with van der Waals surface area (Å²) < 4.78 is 1.73. The van der Waals surface area contributed by atoms with Crippen molar-refractivity contribution in [1.29, 1.82) is 5.26 Å². The van der Waals surface area contributed by atoms with Crippen molar-refractivity contribution in [2.45, 2.75) is 6.54 Å². The molecule has 2 aromatic rings. The maximum absolute atomic E-state index is 8.77. The van der Waals surface area contributed by atoms with Gasteiger partial charge in [0, 0.05) is 24.2 Å². The average Bonchev–Trinajstić information content (AvgIpc) is 2.69. The summed E-state index contributed by atoms with van der Waals surface area (Å²) in [5, 5.41) is 8.77. The number of nitrogens with zero attached hydrogens (tertiary/aromatic N) is 4. The molecule has 0 saturated carbocycles. The van der Waals surface area contributed by atoms with Gasteiger partial charge in [-0.1, -0.05) is 6.07 Å².